The summed E-state index contributed by atoms with van der Waals surface area (Å²) in [4.78, 5) is 11.5. The third-order valence-electron chi connectivity index (χ3n) is 3.04. The number of rotatable bonds is 7. The molecule has 0 aromatic heterocycles. The lowest BCUT2D eigenvalue weighted by molar-refractivity contribution is -0.152. The first-order valence-electron chi connectivity index (χ1n) is 5.69. The molecule has 0 radical (unpaired) electrons. The average Bonchev–Trinajstić information content (AvgIpc) is 2.22. The molecule has 0 spiro atoms. The van der Waals surface area contributed by atoms with Crippen LogP contribution in [0, 0.1) is 5.41 Å². The number of esters is 1. The largest absolute Gasteiger partial charge is 0.469 e. The molecule has 0 amide bonds. The summed E-state index contributed by atoms with van der Waals surface area (Å²) in [5, 5.41) is 0. The van der Waals surface area contributed by atoms with Gasteiger partial charge in [-0.1, -0.05) is 39.5 Å². The van der Waals surface area contributed by atoms with Crippen LogP contribution >= 0.6 is 0 Å². The van der Waals surface area contributed by atoms with Crippen molar-refractivity contribution in [2.24, 2.45) is 5.41 Å². The highest BCUT2D eigenvalue weighted by Gasteiger charge is 2.31. The third kappa shape index (κ3) is 4.12. The van der Waals surface area contributed by atoms with E-state index in [1.165, 1.54) is 26.4 Å². The highest BCUT2D eigenvalue weighted by Crippen LogP contribution is 2.29. The van der Waals surface area contributed by atoms with Gasteiger partial charge in [-0.15, -0.1) is 0 Å². The van der Waals surface area contributed by atoms with Crippen LogP contribution in [0.2, 0.25) is 0 Å². The molecule has 0 aliphatic carbocycles. The second-order valence-electron chi connectivity index (χ2n) is 4.22. The van der Waals surface area contributed by atoms with Crippen molar-refractivity contribution < 1.29 is 9.53 Å². The number of ether oxygens (including phenoxy) is 1. The van der Waals surface area contributed by atoms with Gasteiger partial charge >= 0.3 is 5.97 Å². The topological polar surface area (TPSA) is 26.3 Å². The molecule has 84 valence electrons. The molecule has 0 fully saturated rings. The van der Waals surface area contributed by atoms with Gasteiger partial charge in [-0.05, 0) is 19.8 Å². The number of hydrogen-bond donors (Lipinski definition) is 0. The van der Waals surface area contributed by atoms with Crippen molar-refractivity contribution in [2.45, 2.75) is 59.3 Å². The molecule has 2 heteroatoms. The van der Waals surface area contributed by atoms with E-state index in [9.17, 15) is 4.79 Å². The first-order chi connectivity index (χ1) is 6.60. The van der Waals surface area contributed by atoms with Crippen LogP contribution in [0.15, 0.2) is 0 Å². The molecule has 0 saturated carbocycles. The Hall–Kier alpha value is -0.530. The zero-order chi connectivity index (χ0) is 11.0. The van der Waals surface area contributed by atoms with E-state index in [4.69, 9.17) is 4.74 Å². The summed E-state index contributed by atoms with van der Waals surface area (Å²) in [6.45, 7) is 6.25. The highest BCUT2D eigenvalue weighted by molar-refractivity contribution is 5.76. The van der Waals surface area contributed by atoms with Gasteiger partial charge in [0, 0.05) is 0 Å². The van der Waals surface area contributed by atoms with Crippen LogP contribution in [-0.4, -0.2) is 13.1 Å². The molecule has 0 saturated heterocycles. The summed E-state index contributed by atoms with van der Waals surface area (Å²) in [5.74, 6) is -0.0588. The van der Waals surface area contributed by atoms with E-state index in [2.05, 4.69) is 13.8 Å². The monoisotopic (exact) mass is 200 g/mol. The van der Waals surface area contributed by atoms with E-state index in [0.717, 1.165) is 19.3 Å². The standard InChI is InChI=1S/C12H24O2/c1-5-7-8-9-10-12(3,6-2)11(13)14-4/h5-10H2,1-4H3. The second kappa shape index (κ2) is 6.86. The van der Waals surface area contributed by atoms with E-state index in [1.54, 1.807) is 0 Å². The Kier molecular flexibility index (Phi) is 6.60. The van der Waals surface area contributed by atoms with Crippen molar-refractivity contribution in [3.63, 3.8) is 0 Å². The Morgan fingerprint density at radius 1 is 1.21 bits per heavy atom. The molecule has 14 heavy (non-hydrogen) atoms. The van der Waals surface area contributed by atoms with Gasteiger partial charge in [0.2, 0.25) is 0 Å². The van der Waals surface area contributed by atoms with Crippen LogP contribution in [0.3, 0.4) is 0 Å². The van der Waals surface area contributed by atoms with Crippen LogP contribution < -0.4 is 0 Å². The fourth-order valence-corrected chi connectivity index (χ4v) is 1.61. The third-order valence-corrected chi connectivity index (χ3v) is 3.04. The molecule has 0 N–H and O–H groups in total. The van der Waals surface area contributed by atoms with Gasteiger partial charge in [0.05, 0.1) is 12.5 Å². The lowest BCUT2D eigenvalue weighted by atomic mass is 9.82. The number of methoxy groups -OCH3 is 1. The fourth-order valence-electron chi connectivity index (χ4n) is 1.61. The predicted octanol–water partition coefficient (Wildman–Crippen LogP) is 3.55. The maximum absolute atomic E-state index is 11.5. The van der Waals surface area contributed by atoms with Gasteiger partial charge in [-0.3, -0.25) is 4.79 Å². The summed E-state index contributed by atoms with van der Waals surface area (Å²) in [6.07, 6.45) is 6.68. The Balaban J connectivity index is 3.93. The summed E-state index contributed by atoms with van der Waals surface area (Å²) in [6, 6.07) is 0. The van der Waals surface area contributed by atoms with Crippen LogP contribution in [0.25, 0.3) is 0 Å². The van der Waals surface area contributed by atoms with E-state index in [0.29, 0.717) is 0 Å². The number of carbonyl (C=O) groups is 1. The molecular formula is C12H24O2. The van der Waals surface area contributed by atoms with E-state index < -0.39 is 0 Å². The summed E-state index contributed by atoms with van der Waals surface area (Å²) in [7, 11) is 1.47. The molecule has 0 aliphatic rings. The average molecular weight is 200 g/mol. The van der Waals surface area contributed by atoms with Gasteiger partial charge in [-0.2, -0.15) is 0 Å². The van der Waals surface area contributed by atoms with Crippen molar-refractivity contribution in [3.8, 4) is 0 Å². The van der Waals surface area contributed by atoms with Crippen molar-refractivity contribution in [3.05, 3.63) is 0 Å². The number of carbonyl (C=O) groups excluding carboxylic acids is 1. The second-order valence-corrected chi connectivity index (χ2v) is 4.22. The molecular weight excluding hydrogens is 176 g/mol. The van der Waals surface area contributed by atoms with Gasteiger partial charge in [-0.25, -0.2) is 0 Å². The van der Waals surface area contributed by atoms with Crippen molar-refractivity contribution in [1.29, 1.82) is 0 Å². The molecule has 0 bridgehead atoms. The van der Waals surface area contributed by atoms with Crippen LogP contribution in [0.1, 0.15) is 59.3 Å². The maximum Gasteiger partial charge on any atom is 0.311 e. The summed E-state index contributed by atoms with van der Waals surface area (Å²) >= 11 is 0. The van der Waals surface area contributed by atoms with Gasteiger partial charge < -0.3 is 4.74 Å². The minimum Gasteiger partial charge on any atom is -0.469 e. The van der Waals surface area contributed by atoms with E-state index in [1.807, 2.05) is 6.92 Å². The van der Waals surface area contributed by atoms with E-state index in [-0.39, 0.29) is 11.4 Å². The summed E-state index contributed by atoms with van der Waals surface area (Å²) < 4.78 is 4.82. The lowest BCUT2D eigenvalue weighted by Gasteiger charge is -2.24. The first-order valence-corrected chi connectivity index (χ1v) is 5.69. The number of hydrogen-bond acceptors (Lipinski definition) is 2. The molecule has 1 unspecified atom stereocenters. The molecule has 2 nitrogen and oxygen atoms in total. The Morgan fingerprint density at radius 2 is 1.86 bits per heavy atom. The summed E-state index contributed by atoms with van der Waals surface area (Å²) in [5.41, 5.74) is -0.261. The van der Waals surface area contributed by atoms with Crippen LogP contribution in [0.5, 0.6) is 0 Å². The van der Waals surface area contributed by atoms with Crippen LogP contribution in [-0.2, 0) is 9.53 Å². The lowest BCUT2D eigenvalue weighted by Crippen LogP contribution is -2.28. The van der Waals surface area contributed by atoms with Gasteiger partial charge in [0.15, 0.2) is 0 Å². The minimum atomic E-state index is -0.261. The zero-order valence-corrected chi connectivity index (χ0v) is 10.1. The van der Waals surface area contributed by atoms with Crippen molar-refractivity contribution in [1.82, 2.24) is 0 Å². The normalized spacial score (nSPS) is 14.9. The first kappa shape index (κ1) is 13.5. The molecule has 0 heterocycles. The predicted molar refractivity (Wildman–Crippen MR) is 59.2 cm³/mol. The smallest absolute Gasteiger partial charge is 0.311 e. The maximum atomic E-state index is 11.5. The minimum absolute atomic E-state index is 0.0588. The van der Waals surface area contributed by atoms with Crippen molar-refractivity contribution >= 4 is 5.97 Å². The van der Waals surface area contributed by atoms with Crippen molar-refractivity contribution in [2.75, 3.05) is 7.11 Å². The fraction of sp³-hybridized carbons (Fsp3) is 0.917. The highest BCUT2D eigenvalue weighted by atomic mass is 16.5. The van der Waals surface area contributed by atoms with E-state index >= 15 is 0 Å². The Bertz CT molecular complexity index is 166. The Labute approximate surface area is 88.0 Å². The van der Waals surface area contributed by atoms with Gasteiger partial charge in [0.25, 0.3) is 0 Å². The Morgan fingerprint density at radius 3 is 2.29 bits per heavy atom. The number of unbranched alkanes of at least 4 members (excludes halogenated alkanes) is 3. The zero-order valence-electron chi connectivity index (χ0n) is 10.1. The van der Waals surface area contributed by atoms with Gasteiger partial charge in [0.1, 0.15) is 0 Å². The molecule has 0 rings (SSSR count). The molecule has 1 atom stereocenters. The molecule has 0 aliphatic heterocycles. The van der Waals surface area contributed by atoms with Crippen LogP contribution in [0.4, 0.5) is 0 Å². The molecule has 0 aromatic rings. The SMILES string of the molecule is CCCCCCC(C)(CC)C(=O)OC. The quantitative estimate of drug-likeness (QED) is 0.464. The molecule has 0 aromatic carbocycles.